The molecule has 1 N–H and O–H groups in total. The summed E-state index contributed by atoms with van der Waals surface area (Å²) in [7, 11) is 0. The van der Waals surface area contributed by atoms with E-state index in [0.29, 0.717) is 6.42 Å². The molecule has 0 aliphatic rings. The van der Waals surface area contributed by atoms with Gasteiger partial charge in [0.15, 0.2) is 0 Å². The molecule has 1 heterocycles. The van der Waals surface area contributed by atoms with Crippen molar-refractivity contribution >= 4 is 5.82 Å². The minimum atomic E-state index is -4.40. The monoisotopic (exact) mass is 230 g/mol. The molecule has 1 aromatic heterocycles. The van der Waals surface area contributed by atoms with Crippen molar-refractivity contribution in [1.29, 1.82) is 0 Å². The van der Waals surface area contributed by atoms with Crippen molar-refractivity contribution in [2.24, 2.45) is 0 Å². The van der Waals surface area contributed by atoms with Gasteiger partial charge in [-0.1, -0.05) is 12.1 Å². The van der Waals surface area contributed by atoms with Crippen molar-refractivity contribution in [3.05, 3.63) is 36.5 Å². The molecule has 2 nitrogen and oxygen atoms in total. The number of aromatic nitrogens is 1. The Hall–Kier alpha value is -1.52. The maximum Gasteiger partial charge on any atom is 0.433 e. The van der Waals surface area contributed by atoms with Crippen LogP contribution in [0.5, 0.6) is 0 Å². The second-order valence-corrected chi connectivity index (χ2v) is 3.48. The van der Waals surface area contributed by atoms with Crippen LogP contribution < -0.4 is 5.32 Å². The fourth-order valence-corrected chi connectivity index (χ4v) is 1.23. The Bertz CT molecular complexity index is 360. The van der Waals surface area contributed by atoms with Crippen molar-refractivity contribution in [3.8, 4) is 0 Å². The molecule has 1 unspecified atom stereocenters. The summed E-state index contributed by atoms with van der Waals surface area (Å²) < 4.78 is 37.0. The zero-order chi connectivity index (χ0) is 12.2. The molecule has 16 heavy (non-hydrogen) atoms. The zero-order valence-corrected chi connectivity index (χ0v) is 8.88. The normalized spacial score (nSPS) is 13.2. The van der Waals surface area contributed by atoms with E-state index in [0.717, 1.165) is 6.07 Å². The summed E-state index contributed by atoms with van der Waals surface area (Å²) in [6.07, 6.45) is -2.04. The van der Waals surface area contributed by atoms with Gasteiger partial charge in [-0.25, -0.2) is 4.98 Å². The van der Waals surface area contributed by atoms with Gasteiger partial charge in [0.25, 0.3) is 0 Å². The highest BCUT2D eigenvalue weighted by Gasteiger charge is 2.32. The standard InChI is InChI=1S/C11H13F3N2/c1-3-5-8(2)15-10-7-4-6-9(16-10)11(12,13)14/h3-4,6-8H,1,5H2,2H3,(H,15,16). The topological polar surface area (TPSA) is 24.9 Å². The summed E-state index contributed by atoms with van der Waals surface area (Å²) in [6.45, 7) is 5.41. The van der Waals surface area contributed by atoms with Gasteiger partial charge in [0.1, 0.15) is 11.5 Å². The Morgan fingerprint density at radius 3 is 2.75 bits per heavy atom. The van der Waals surface area contributed by atoms with Gasteiger partial charge in [-0.05, 0) is 25.5 Å². The van der Waals surface area contributed by atoms with E-state index in [1.54, 1.807) is 6.08 Å². The largest absolute Gasteiger partial charge is 0.433 e. The highest BCUT2D eigenvalue weighted by Crippen LogP contribution is 2.28. The lowest BCUT2D eigenvalue weighted by molar-refractivity contribution is -0.141. The third kappa shape index (κ3) is 3.56. The summed E-state index contributed by atoms with van der Waals surface area (Å²) in [5.74, 6) is 0.226. The molecule has 0 saturated heterocycles. The van der Waals surface area contributed by atoms with Gasteiger partial charge in [-0.2, -0.15) is 13.2 Å². The Kier molecular flexibility index (Phi) is 3.93. The highest BCUT2D eigenvalue weighted by molar-refractivity contribution is 5.36. The molecule has 0 aliphatic carbocycles. The first-order chi connectivity index (χ1) is 7.43. The number of nitrogens with zero attached hydrogens (tertiary/aromatic N) is 1. The quantitative estimate of drug-likeness (QED) is 0.801. The van der Waals surface area contributed by atoms with Crippen molar-refractivity contribution < 1.29 is 13.2 Å². The van der Waals surface area contributed by atoms with Gasteiger partial charge in [-0.3, -0.25) is 0 Å². The molecule has 1 rings (SSSR count). The van der Waals surface area contributed by atoms with E-state index < -0.39 is 11.9 Å². The number of alkyl halides is 3. The van der Waals surface area contributed by atoms with Crippen LogP contribution in [-0.4, -0.2) is 11.0 Å². The highest BCUT2D eigenvalue weighted by atomic mass is 19.4. The van der Waals surface area contributed by atoms with Gasteiger partial charge >= 0.3 is 6.18 Å². The SMILES string of the molecule is C=CCC(C)Nc1cccc(C(F)(F)F)n1. The maximum atomic E-state index is 12.3. The minimum Gasteiger partial charge on any atom is -0.367 e. The number of hydrogen-bond donors (Lipinski definition) is 1. The van der Waals surface area contributed by atoms with Crippen LogP contribution >= 0.6 is 0 Å². The fourth-order valence-electron chi connectivity index (χ4n) is 1.23. The predicted molar refractivity (Wildman–Crippen MR) is 57.1 cm³/mol. The van der Waals surface area contributed by atoms with Gasteiger partial charge in [0.2, 0.25) is 0 Å². The molecule has 0 saturated carbocycles. The molecule has 1 aromatic rings. The first-order valence-corrected chi connectivity index (χ1v) is 4.85. The molecule has 0 fully saturated rings. The number of pyridine rings is 1. The number of hydrogen-bond acceptors (Lipinski definition) is 2. The molecule has 0 radical (unpaired) electrons. The number of anilines is 1. The second-order valence-electron chi connectivity index (χ2n) is 3.48. The minimum absolute atomic E-state index is 0.00786. The van der Waals surface area contributed by atoms with E-state index in [2.05, 4.69) is 16.9 Å². The van der Waals surface area contributed by atoms with Crippen LogP contribution in [0.4, 0.5) is 19.0 Å². The molecule has 0 aliphatic heterocycles. The summed E-state index contributed by atoms with van der Waals surface area (Å²) in [5.41, 5.74) is -0.886. The number of rotatable bonds is 4. The smallest absolute Gasteiger partial charge is 0.367 e. The molecule has 0 spiro atoms. The van der Waals surface area contributed by atoms with Gasteiger partial charge < -0.3 is 5.32 Å². The third-order valence-corrected chi connectivity index (χ3v) is 1.95. The van der Waals surface area contributed by atoms with Crippen LogP contribution in [-0.2, 0) is 6.18 Å². The third-order valence-electron chi connectivity index (χ3n) is 1.95. The van der Waals surface area contributed by atoms with E-state index >= 15 is 0 Å². The van der Waals surface area contributed by atoms with Crippen LogP contribution in [0.2, 0.25) is 0 Å². The first-order valence-electron chi connectivity index (χ1n) is 4.85. The molecule has 0 aromatic carbocycles. The van der Waals surface area contributed by atoms with Gasteiger partial charge in [0.05, 0.1) is 0 Å². The van der Waals surface area contributed by atoms with Crippen LogP contribution in [0, 0.1) is 0 Å². The van der Waals surface area contributed by atoms with E-state index in [1.807, 2.05) is 6.92 Å². The van der Waals surface area contributed by atoms with Gasteiger partial charge in [0, 0.05) is 6.04 Å². The molecule has 0 amide bonds. The van der Waals surface area contributed by atoms with Crippen molar-refractivity contribution in [2.45, 2.75) is 25.6 Å². The summed E-state index contributed by atoms with van der Waals surface area (Å²) in [5, 5.41) is 2.87. The van der Waals surface area contributed by atoms with Crippen molar-refractivity contribution in [2.75, 3.05) is 5.32 Å². The summed E-state index contributed by atoms with van der Waals surface area (Å²) in [4.78, 5) is 3.50. The Morgan fingerprint density at radius 2 is 2.19 bits per heavy atom. The Balaban J connectivity index is 2.79. The van der Waals surface area contributed by atoms with Crippen molar-refractivity contribution in [3.63, 3.8) is 0 Å². The van der Waals surface area contributed by atoms with Crippen LogP contribution in [0.1, 0.15) is 19.0 Å². The lowest BCUT2D eigenvalue weighted by Gasteiger charge is -2.13. The maximum absolute atomic E-state index is 12.3. The lowest BCUT2D eigenvalue weighted by atomic mass is 10.2. The van der Waals surface area contributed by atoms with E-state index in [1.165, 1.54) is 12.1 Å². The molecule has 88 valence electrons. The first kappa shape index (κ1) is 12.5. The average Bonchev–Trinajstić information content (AvgIpc) is 2.17. The summed E-state index contributed by atoms with van der Waals surface area (Å²) in [6, 6.07) is 3.80. The van der Waals surface area contributed by atoms with Crippen LogP contribution in [0.15, 0.2) is 30.9 Å². The van der Waals surface area contributed by atoms with Gasteiger partial charge in [-0.15, -0.1) is 6.58 Å². The second kappa shape index (κ2) is 5.01. The van der Waals surface area contributed by atoms with Crippen LogP contribution in [0.25, 0.3) is 0 Å². The van der Waals surface area contributed by atoms with Crippen molar-refractivity contribution in [1.82, 2.24) is 4.98 Å². The Labute approximate surface area is 92.2 Å². The average molecular weight is 230 g/mol. The Morgan fingerprint density at radius 1 is 1.50 bits per heavy atom. The van der Waals surface area contributed by atoms with E-state index in [9.17, 15) is 13.2 Å². The molecular weight excluding hydrogens is 217 g/mol. The number of nitrogens with one attached hydrogen (secondary N) is 1. The predicted octanol–water partition coefficient (Wildman–Crippen LogP) is 3.48. The fraction of sp³-hybridized carbons (Fsp3) is 0.364. The molecular formula is C11H13F3N2. The lowest BCUT2D eigenvalue weighted by Crippen LogP contribution is -2.16. The zero-order valence-electron chi connectivity index (χ0n) is 8.88. The molecule has 1 atom stereocenters. The molecule has 5 heteroatoms. The number of halogens is 3. The van der Waals surface area contributed by atoms with E-state index in [4.69, 9.17) is 0 Å². The van der Waals surface area contributed by atoms with Crippen LogP contribution in [0.3, 0.4) is 0 Å². The summed E-state index contributed by atoms with van der Waals surface area (Å²) >= 11 is 0. The molecule has 0 bridgehead atoms. The van der Waals surface area contributed by atoms with E-state index in [-0.39, 0.29) is 11.9 Å².